The van der Waals surface area contributed by atoms with Crippen molar-refractivity contribution in [3.8, 4) is 0 Å². The van der Waals surface area contributed by atoms with Crippen LogP contribution in [-0.4, -0.2) is 79.8 Å². The van der Waals surface area contributed by atoms with Crippen LogP contribution in [0.3, 0.4) is 0 Å². The largest absolute Gasteiger partial charge is 0.481 e. The molecule has 1 unspecified atom stereocenters. The fraction of sp³-hybridized carbons (Fsp3) is 0.857. The molecule has 9 heteroatoms. The fourth-order valence-corrected chi connectivity index (χ4v) is 3.81. The normalized spacial score (nSPS) is 18.7. The zero-order valence-electron chi connectivity index (χ0n) is 13.7. The van der Waals surface area contributed by atoms with E-state index < -0.39 is 21.9 Å². The average molecular weight is 350 g/mol. The van der Waals surface area contributed by atoms with Crippen LogP contribution in [0.15, 0.2) is 0 Å². The van der Waals surface area contributed by atoms with Crippen molar-refractivity contribution in [2.75, 3.05) is 45.1 Å². The van der Waals surface area contributed by atoms with Crippen molar-refractivity contribution in [1.29, 1.82) is 0 Å². The predicted molar refractivity (Wildman–Crippen MR) is 84.5 cm³/mol. The molecule has 0 aromatic carbocycles. The van der Waals surface area contributed by atoms with E-state index in [1.807, 2.05) is 6.92 Å². The van der Waals surface area contributed by atoms with Gasteiger partial charge in [0.2, 0.25) is 15.9 Å². The van der Waals surface area contributed by atoms with Crippen molar-refractivity contribution in [1.82, 2.24) is 9.21 Å². The van der Waals surface area contributed by atoms with Gasteiger partial charge >= 0.3 is 5.97 Å². The number of nitrogens with zero attached hydrogens (tertiary/aromatic N) is 2. The van der Waals surface area contributed by atoms with Gasteiger partial charge in [0.15, 0.2) is 0 Å². The van der Waals surface area contributed by atoms with Crippen molar-refractivity contribution in [2.24, 2.45) is 5.92 Å². The molecule has 1 aliphatic rings. The minimum absolute atomic E-state index is 0.0637. The summed E-state index contributed by atoms with van der Waals surface area (Å²) in [6, 6.07) is 0. The van der Waals surface area contributed by atoms with Crippen LogP contribution in [0.1, 0.15) is 26.7 Å². The molecule has 1 aliphatic heterocycles. The minimum Gasteiger partial charge on any atom is -0.481 e. The van der Waals surface area contributed by atoms with Gasteiger partial charge in [0.25, 0.3) is 0 Å². The number of sulfonamides is 1. The van der Waals surface area contributed by atoms with E-state index in [0.29, 0.717) is 39.1 Å². The third-order valence-corrected chi connectivity index (χ3v) is 5.61. The highest BCUT2D eigenvalue weighted by Gasteiger charge is 2.31. The molecular weight excluding hydrogens is 324 g/mol. The Morgan fingerprint density at radius 1 is 1.39 bits per heavy atom. The second-order valence-corrected chi connectivity index (χ2v) is 7.72. The number of hydrogen-bond donors (Lipinski definition) is 1. The molecule has 1 fully saturated rings. The SMILES string of the molecule is CCOCCCN(CC(C)C(=O)O)C(=O)CN1CCCS1(=O)=O. The van der Waals surface area contributed by atoms with Gasteiger partial charge in [-0.1, -0.05) is 6.92 Å². The van der Waals surface area contributed by atoms with Gasteiger partial charge in [-0.2, -0.15) is 4.31 Å². The maximum absolute atomic E-state index is 12.4. The zero-order chi connectivity index (χ0) is 17.5. The summed E-state index contributed by atoms with van der Waals surface area (Å²) >= 11 is 0. The maximum Gasteiger partial charge on any atom is 0.308 e. The summed E-state index contributed by atoms with van der Waals surface area (Å²) in [5.41, 5.74) is 0. The molecule has 1 amide bonds. The first-order chi connectivity index (χ1) is 10.8. The summed E-state index contributed by atoms with van der Waals surface area (Å²) in [5, 5.41) is 9.02. The van der Waals surface area contributed by atoms with Crippen LogP contribution in [0.2, 0.25) is 0 Å². The monoisotopic (exact) mass is 350 g/mol. The molecule has 0 saturated carbocycles. The van der Waals surface area contributed by atoms with E-state index in [9.17, 15) is 18.0 Å². The van der Waals surface area contributed by atoms with Crippen LogP contribution >= 0.6 is 0 Å². The zero-order valence-corrected chi connectivity index (χ0v) is 14.5. The Balaban J connectivity index is 2.64. The summed E-state index contributed by atoms with van der Waals surface area (Å²) in [6.07, 6.45) is 1.10. The predicted octanol–water partition coefficient (Wildman–Crippen LogP) is -0.00220. The van der Waals surface area contributed by atoms with Crippen molar-refractivity contribution < 1.29 is 27.9 Å². The van der Waals surface area contributed by atoms with Crippen LogP contribution in [0.25, 0.3) is 0 Å². The van der Waals surface area contributed by atoms with E-state index in [0.717, 1.165) is 0 Å². The quantitative estimate of drug-likeness (QED) is 0.556. The summed E-state index contributed by atoms with van der Waals surface area (Å²) in [5.74, 6) is -1.99. The van der Waals surface area contributed by atoms with Crippen LogP contribution in [0.4, 0.5) is 0 Å². The van der Waals surface area contributed by atoms with Crippen molar-refractivity contribution >= 4 is 21.9 Å². The molecule has 0 spiro atoms. The topological polar surface area (TPSA) is 104 Å². The number of hydrogen-bond acceptors (Lipinski definition) is 5. The van der Waals surface area contributed by atoms with Crippen LogP contribution in [0.5, 0.6) is 0 Å². The highest BCUT2D eigenvalue weighted by atomic mass is 32.2. The molecule has 0 aromatic rings. The van der Waals surface area contributed by atoms with Crippen LogP contribution in [0, 0.1) is 5.92 Å². The number of amides is 1. The van der Waals surface area contributed by atoms with E-state index >= 15 is 0 Å². The first-order valence-corrected chi connectivity index (χ1v) is 9.45. The van der Waals surface area contributed by atoms with E-state index in [2.05, 4.69) is 0 Å². The standard InChI is InChI=1S/C14H26N2O6S/c1-3-22-8-4-6-15(10-12(2)14(18)19)13(17)11-16-7-5-9-23(16,20)21/h12H,3-11H2,1-2H3,(H,18,19). The average Bonchev–Trinajstić information content (AvgIpc) is 2.80. The van der Waals surface area contributed by atoms with Crippen LogP contribution in [-0.2, 0) is 24.3 Å². The molecule has 23 heavy (non-hydrogen) atoms. The molecule has 0 aliphatic carbocycles. The molecule has 0 aromatic heterocycles. The van der Waals surface area contributed by atoms with Gasteiger partial charge in [-0.3, -0.25) is 9.59 Å². The number of rotatable bonds is 10. The van der Waals surface area contributed by atoms with E-state index in [-0.39, 0.29) is 24.7 Å². The number of carboxylic acid groups (broad SMARTS) is 1. The Kier molecular flexibility index (Phi) is 7.93. The Hall–Kier alpha value is -1.19. The molecule has 1 atom stereocenters. The lowest BCUT2D eigenvalue weighted by Gasteiger charge is -2.26. The Bertz CT molecular complexity index is 507. The second-order valence-electron chi connectivity index (χ2n) is 5.63. The van der Waals surface area contributed by atoms with Gasteiger partial charge in [-0.25, -0.2) is 8.42 Å². The molecule has 1 heterocycles. The highest BCUT2D eigenvalue weighted by molar-refractivity contribution is 7.89. The van der Waals surface area contributed by atoms with Crippen molar-refractivity contribution in [2.45, 2.75) is 26.7 Å². The lowest BCUT2D eigenvalue weighted by molar-refractivity contribution is -0.143. The second kappa shape index (κ2) is 9.19. The molecule has 8 nitrogen and oxygen atoms in total. The molecule has 1 rings (SSSR count). The third kappa shape index (κ3) is 6.44. The van der Waals surface area contributed by atoms with Crippen LogP contribution < -0.4 is 0 Å². The van der Waals surface area contributed by atoms with E-state index in [1.165, 1.54) is 16.1 Å². The molecule has 1 saturated heterocycles. The Morgan fingerprint density at radius 3 is 2.61 bits per heavy atom. The molecule has 0 radical (unpaired) electrons. The molecular formula is C14H26N2O6S. The van der Waals surface area contributed by atoms with Crippen molar-refractivity contribution in [3.63, 3.8) is 0 Å². The van der Waals surface area contributed by atoms with Gasteiger partial charge in [0.05, 0.1) is 18.2 Å². The number of carboxylic acids is 1. The smallest absolute Gasteiger partial charge is 0.308 e. The molecule has 0 bridgehead atoms. The summed E-state index contributed by atoms with van der Waals surface area (Å²) in [7, 11) is -3.34. The Labute approximate surface area is 137 Å². The summed E-state index contributed by atoms with van der Waals surface area (Å²) in [4.78, 5) is 24.8. The van der Waals surface area contributed by atoms with E-state index in [1.54, 1.807) is 0 Å². The van der Waals surface area contributed by atoms with E-state index in [4.69, 9.17) is 9.84 Å². The first kappa shape index (κ1) is 19.9. The van der Waals surface area contributed by atoms with Crippen molar-refractivity contribution in [3.05, 3.63) is 0 Å². The minimum atomic E-state index is -3.34. The van der Waals surface area contributed by atoms with Gasteiger partial charge in [-0.15, -0.1) is 0 Å². The highest BCUT2D eigenvalue weighted by Crippen LogP contribution is 2.14. The number of ether oxygens (including phenoxy) is 1. The Morgan fingerprint density at radius 2 is 2.09 bits per heavy atom. The number of carbonyl (C=O) groups is 2. The van der Waals surface area contributed by atoms with Gasteiger partial charge in [0, 0.05) is 32.8 Å². The maximum atomic E-state index is 12.4. The third-order valence-electron chi connectivity index (χ3n) is 3.70. The van der Waals surface area contributed by atoms with Gasteiger partial charge in [0.1, 0.15) is 0 Å². The number of carbonyl (C=O) groups excluding carboxylic acids is 1. The number of aliphatic carboxylic acids is 1. The molecule has 134 valence electrons. The fourth-order valence-electron chi connectivity index (χ4n) is 2.35. The summed E-state index contributed by atoms with van der Waals surface area (Å²) in [6.45, 7) is 4.98. The molecule has 1 N–H and O–H groups in total. The lowest BCUT2D eigenvalue weighted by Crippen LogP contribution is -2.44. The lowest BCUT2D eigenvalue weighted by atomic mass is 10.1. The van der Waals surface area contributed by atoms with Gasteiger partial charge < -0.3 is 14.7 Å². The van der Waals surface area contributed by atoms with Gasteiger partial charge in [-0.05, 0) is 19.8 Å². The summed E-state index contributed by atoms with van der Waals surface area (Å²) < 4.78 is 30.0. The first-order valence-electron chi connectivity index (χ1n) is 7.84.